The van der Waals surface area contributed by atoms with Gasteiger partial charge in [0.05, 0.1) is 0 Å². The van der Waals surface area contributed by atoms with Crippen molar-refractivity contribution < 1.29 is 4.79 Å². The Hall–Kier alpha value is -1.81. The van der Waals surface area contributed by atoms with Crippen molar-refractivity contribution in [3.8, 4) is 0 Å². The van der Waals surface area contributed by atoms with Crippen LogP contribution in [-0.4, -0.2) is 5.91 Å². The predicted octanol–water partition coefficient (Wildman–Crippen LogP) is 3.50. The van der Waals surface area contributed by atoms with Gasteiger partial charge in [-0.2, -0.15) is 0 Å². The molecule has 4 heteroatoms. The Morgan fingerprint density at radius 1 is 1.29 bits per heavy atom. The summed E-state index contributed by atoms with van der Waals surface area (Å²) in [5, 5.41) is 3.41. The molecule has 3 rings (SSSR count). The van der Waals surface area contributed by atoms with Crippen LogP contribution >= 0.6 is 15.9 Å². The van der Waals surface area contributed by atoms with Crippen molar-refractivity contribution in [1.82, 2.24) is 0 Å². The summed E-state index contributed by atoms with van der Waals surface area (Å²) in [7, 11) is 0. The van der Waals surface area contributed by atoms with Crippen LogP contribution in [0, 0.1) is 6.92 Å². The van der Waals surface area contributed by atoms with Gasteiger partial charge in [0.25, 0.3) is 0 Å². The Morgan fingerprint density at radius 2 is 2.05 bits per heavy atom. The van der Waals surface area contributed by atoms with Crippen LogP contribution in [0.3, 0.4) is 0 Å². The van der Waals surface area contributed by atoms with E-state index in [1.165, 1.54) is 5.56 Å². The quantitative estimate of drug-likeness (QED) is 0.895. The number of nitrogens with two attached hydrogens (primary N) is 1. The molecular weight excluding hydrogens is 328 g/mol. The van der Waals surface area contributed by atoms with Crippen LogP contribution in [0.2, 0.25) is 0 Å². The summed E-state index contributed by atoms with van der Waals surface area (Å²) >= 11 is 3.48. The van der Waals surface area contributed by atoms with E-state index in [0.29, 0.717) is 6.42 Å². The van der Waals surface area contributed by atoms with Crippen LogP contribution in [0.1, 0.15) is 23.1 Å². The molecule has 2 aromatic carbocycles. The number of carbonyl (C=O) groups excluding carboxylic acids is 1. The molecule has 0 heterocycles. The Bertz CT molecular complexity index is 714. The van der Waals surface area contributed by atoms with Crippen LogP contribution in [0.15, 0.2) is 46.9 Å². The highest BCUT2D eigenvalue weighted by molar-refractivity contribution is 9.10. The zero-order valence-corrected chi connectivity index (χ0v) is 13.4. The van der Waals surface area contributed by atoms with Gasteiger partial charge in [0.15, 0.2) is 0 Å². The maximum atomic E-state index is 12.2. The third-order valence-electron chi connectivity index (χ3n) is 4.21. The lowest BCUT2D eigenvalue weighted by Crippen LogP contribution is -2.46. The number of rotatable bonds is 3. The SMILES string of the molecule is Cc1ccccc1NC1(C(N)=O)CCc2cc(Br)ccc21. The molecule has 1 amide bonds. The molecular formula is C17H17BrN2O. The molecule has 0 saturated heterocycles. The number of aryl methyl sites for hydroxylation is 2. The number of fused-ring (bicyclic) bond motifs is 1. The Morgan fingerprint density at radius 3 is 2.76 bits per heavy atom. The first-order valence-corrected chi connectivity index (χ1v) is 7.75. The maximum Gasteiger partial charge on any atom is 0.247 e. The number of carbonyl (C=O) groups is 1. The molecule has 3 N–H and O–H groups in total. The van der Waals surface area contributed by atoms with Gasteiger partial charge in [-0.3, -0.25) is 4.79 Å². The summed E-state index contributed by atoms with van der Waals surface area (Å²) in [6.45, 7) is 2.02. The van der Waals surface area contributed by atoms with Gasteiger partial charge in [0.2, 0.25) is 5.91 Å². The van der Waals surface area contributed by atoms with Crippen LogP contribution in [-0.2, 0) is 16.8 Å². The van der Waals surface area contributed by atoms with E-state index in [1.54, 1.807) is 0 Å². The van der Waals surface area contributed by atoms with Gasteiger partial charge in [-0.05, 0) is 54.7 Å². The van der Waals surface area contributed by atoms with Crippen molar-refractivity contribution in [2.24, 2.45) is 5.73 Å². The topological polar surface area (TPSA) is 55.1 Å². The minimum atomic E-state index is -0.817. The second-order valence-corrected chi connectivity index (χ2v) is 6.43. The third-order valence-corrected chi connectivity index (χ3v) is 4.70. The van der Waals surface area contributed by atoms with E-state index in [1.807, 2.05) is 43.3 Å². The molecule has 0 saturated carbocycles. The summed E-state index contributed by atoms with van der Waals surface area (Å²) in [4.78, 5) is 12.2. The molecule has 108 valence electrons. The van der Waals surface area contributed by atoms with E-state index in [4.69, 9.17) is 5.73 Å². The van der Waals surface area contributed by atoms with Gasteiger partial charge < -0.3 is 11.1 Å². The summed E-state index contributed by atoms with van der Waals surface area (Å²) in [6.07, 6.45) is 1.53. The monoisotopic (exact) mass is 344 g/mol. The molecule has 0 aromatic heterocycles. The van der Waals surface area contributed by atoms with Gasteiger partial charge in [-0.15, -0.1) is 0 Å². The normalized spacial score (nSPS) is 20.1. The smallest absolute Gasteiger partial charge is 0.247 e. The number of benzene rings is 2. The molecule has 0 aliphatic heterocycles. The lowest BCUT2D eigenvalue weighted by molar-refractivity contribution is -0.122. The second-order valence-electron chi connectivity index (χ2n) is 5.51. The van der Waals surface area contributed by atoms with E-state index in [0.717, 1.165) is 27.7 Å². The highest BCUT2D eigenvalue weighted by atomic mass is 79.9. The van der Waals surface area contributed by atoms with Crippen LogP contribution < -0.4 is 11.1 Å². The number of nitrogens with one attached hydrogen (secondary N) is 1. The van der Waals surface area contributed by atoms with Crippen molar-refractivity contribution >= 4 is 27.5 Å². The third kappa shape index (κ3) is 2.33. The number of hydrogen-bond donors (Lipinski definition) is 2. The zero-order valence-electron chi connectivity index (χ0n) is 11.8. The van der Waals surface area contributed by atoms with Gasteiger partial charge in [0.1, 0.15) is 5.54 Å². The highest BCUT2D eigenvalue weighted by Crippen LogP contribution is 2.41. The van der Waals surface area contributed by atoms with Crippen molar-refractivity contribution in [3.63, 3.8) is 0 Å². The van der Waals surface area contributed by atoms with Crippen LogP contribution in [0.25, 0.3) is 0 Å². The van der Waals surface area contributed by atoms with Gasteiger partial charge in [-0.1, -0.05) is 40.2 Å². The van der Waals surface area contributed by atoms with Crippen molar-refractivity contribution in [3.05, 3.63) is 63.6 Å². The van der Waals surface area contributed by atoms with E-state index in [9.17, 15) is 4.79 Å². The first-order chi connectivity index (χ1) is 10.0. The molecule has 1 atom stereocenters. The second kappa shape index (κ2) is 5.19. The Kier molecular flexibility index (Phi) is 3.49. The standard InChI is InChI=1S/C17H17BrN2O/c1-11-4-2-3-5-15(11)20-17(16(19)21)9-8-12-10-13(18)6-7-14(12)17/h2-7,10,20H,8-9H2,1H3,(H2,19,21). The fourth-order valence-electron chi connectivity index (χ4n) is 3.03. The number of primary amides is 1. The van der Waals surface area contributed by atoms with E-state index >= 15 is 0 Å². The van der Waals surface area contributed by atoms with Gasteiger partial charge in [0, 0.05) is 10.2 Å². The van der Waals surface area contributed by atoms with Crippen LogP contribution in [0.5, 0.6) is 0 Å². The van der Waals surface area contributed by atoms with E-state index < -0.39 is 5.54 Å². The summed E-state index contributed by atoms with van der Waals surface area (Å²) in [5.41, 5.74) is 9.16. The number of anilines is 1. The predicted molar refractivity (Wildman–Crippen MR) is 88.1 cm³/mol. The summed E-state index contributed by atoms with van der Waals surface area (Å²) in [6, 6.07) is 14.0. The Labute approximate surface area is 132 Å². The van der Waals surface area contributed by atoms with Gasteiger partial charge >= 0.3 is 0 Å². The fraction of sp³-hybridized carbons (Fsp3) is 0.235. The first-order valence-electron chi connectivity index (χ1n) is 6.95. The molecule has 1 aliphatic rings. The molecule has 0 radical (unpaired) electrons. The number of halogens is 1. The lowest BCUT2D eigenvalue weighted by atomic mass is 9.90. The largest absolute Gasteiger partial charge is 0.367 e. The first kappa shape index (κ1) is 14.1. The molecule has 3 nitrogen and oxygen atoms in total. The summed E-state index contributed by atoms with van der Waals surface area (Å²) in [5.74, 6) is -0.327. The van der Waals surface area contributed by atoms with E-state index in [2.05, 4.69) is 27.3 Å². The molecule has 0 bridgehead atoms. The summed E-state index contributed by atoms with van der Waals surface area (Å²) < 4.78 is 1.03. The molecule has 21 heavy (non-hydrogen) atoms. The van der Waals surface area contributed by atoms with Gasteiger partial charge in [-0.25, -0.2) is 0 Å². The average Bonchev–Trinajstić information content (AvgIpc) is 2.81. The van der Waals surface area contributed by atoms with E-state index in [-0.39, 0.29) is 5.91 Å². The highest BCUT2D eigenvalue weighted by Gasteiger charge is 2.44. The molecule has 2 aromatic rings. The molecule has 0 fully saturated rings. The number of para-hydroxylation sites is 1. The fourth-order valence-corrected chi connectivity index (χ4v) is 3.44. The molecule has 1 unspecified atom stereocenters. The van der Waals surface area contributed by atoms with Crippen LogP contribution in [0.4, 0.5) is 5.69 Å². The number of amides is 1. The van der Waals surface area contributed by atoms with Crippen molar-refractivity contribution in [1.29, 1.82) is 0 Å². The lowest BCUT2D eigenvalue weighted by Gasteiger charge is -2.30. The minimum Gasteiger partial charge on any atom is -0.367 e. The van der Waals surface area contributed by atoms with Crippen molar-refractivity contribution in [2.45, 2.75) is 25.3 Å². The zero-order chi connectivity index (χ0) is 15.0. The minimum absolute atomic E-state index is 0.327. The molecule has 1 aliphatic carbocycles. The molecule has 0 spiro atoms. The number of hydrogen-bond acceptors (Lipinski definition) is 2. The Balaban J connectivity index is 2.08. The van der Waals surface area contributed by atoms with Crippen molar-refractivity contribution in [2.75, 3.05) is 5.32 Å². The maximum absolute atomic E-state index is 12.2. The average molecular weight is 345 g/mol.